The zero-order valence-electron chi connectivity index (χ0n) is 15.1. The maximum Gasteiger partial charge on any atom is 0.323 e. The van der Waals surface area contributed by atoms with Gasteiger partial charge in [0.05, 0.1) is 23.6 Å². The van der Waals surface area contributed by atoms with Gasteiger partial charge in [-0.25, -0.2) is 0 Å². The van der Waals surface area contributed by atoms with Crippen LogP contribution in [-0.2, 0) is 0 Å². The molecule has 1 aliphatic heterocycles. The van der Waals surface area contributed by atoms with E-state index in [1.165, 1.54) is 25.7 Å². The molecular weight excluding hydrogens is 324 g/mol. The van der Waals surface area contributed by atoms with Gasteiger partial charge in [0, 0.05) is 18.1 Å². The maximum absolute atomic E-state index is 5.98. The van der Waals surface area contributed by atoms with E-state index in [1.807, 2.05) is 12.3 Å². The zero-order chi connectivity index (χ0) is 17.9. The lowest BCUT2D eigenvalue weighted by molar-refractivity contribution is 0.285. The highest BCUT2D eigenvalue weighted by Gasteiger charge is 2.29. The van der Waals surface area contributed by atoms with Crippen LogP contribution in [0.15, 0.2) is 41.9 Å². The van der Waals surface area contributed by atoms with Crippen molar-refractivity contribution in [2.75, 3.05) is 6.54 Å². The van der Waals surface area contributed by atoms with Gasteiger partial charge < -0.3 is 4.74 Å². The molecule has 3 heterocycles. The molecule has 1 fully saturated rings. The van der Waals surface area contributed by atoms with Crippen LogP contribution in [0.5, 0.6) is 6.01 Å². The summed E-state index contributed by atoms with van der Waals surface area (Å²) in [6, 6.07) is 2.20. The lowest BCUT2D eigenvalue weighted by Gasteiger charge is -2.25. The van der Waals surface area contributed by atoms with Gasteiger partial charge in [-0.3, -0.25) is 9.98 Å². The minimum absolute atomic E-state index is 0.310. The molecule has 4 rings (SSSR count). The molecule has 0 spiro atoms. The second kappa shape index (κ2) is 7.36. The van der Waals surface area contributed by atoms with Gasteiger partial charge >= 0.3 is 6.01 Å². The van der Waals surface area contributed by atoms with Crippen molar-refractivity contribution in [1.29, 1.82) is 0 Å². The molecule has 1 aliphatic carbocycles. The van der Waals surface area contributed by atoms with Gasteiger partial charge in [0.15, 0.2) is 0 Å². The smallest absolute Gasteiger partial charge is 0.323 e. The van der Waals surface area contributed by atoms with Crippen molar-refractivity contribution >= 4 is 23.2 Å². The van der Waals surface area contributed by atoms with E-state index >= 15 is 0 Å². The van der Waals surface area contributed by atoms with Crippen molar-refractivity contribution in [3.63, 3.8) is 0 Å². The van der Waals surface area contributed by atoms with E-state index in [0.717, 1.165) is 34.8 Å². The summed E-state index contributed by atoms with van der Waals surface area (Å²) in [5.41, 5.74) is 1.49. The van der Waals surface area contributed by atoms with Crippen LogP contribution >= 0.6 is 0 Å². The van der Waals surface area contributed by atoms with Crippen LogP contribution in [0.1, 0.15) is 38.3 Å². The average Bonchev–Trinajstić information content (AvgIpc) is 3.12. The molecule has 0 saturated heterocycles. The van der Waals surface area contributed by atoms with E-state index in [2.05, 4.69) is 39.5 Å². The molecule has 0 radical (unpaired) electrons. The van der Waals surface area contributed by atoms with Crippen LogP contribution in [0.3, 0.4) is 0 Å². The van der Waals surface area contributed by atoms with Gasteiger partial charge in [-0.1, -0.05) is 39.2 Å². The van der Waals surface area contributed by atoms with E-state index in [1.54, 1.807) is 18.5 Å². The van der Waals surface area contributed by atoms with Crippen LogP contribution in [0, 0.1) is 17.8 Å². The summed E-state index contributed by atoms with van der Waals surface area (Å²) in [6.45, 7) is 6.98. The number of fused-ring (bicyclic) bond motifs is 1. The molecule has 134 valence electrons. The Morgan fingerprint density at radius 3 is 2.88 bits per heavy atom. The fourth-order valence-electron chi connectivity index (χ4n) is 4.17. The summed E-state index contributed by atoms with van der Waals surface area (Å²) in [5, 5.41) is 0.917. The number of aromatic nitrogens is 3. The third-order valence-corrected chi connectivity index (χ3v) is 5.55. The molecule has 1 saturated carbocycles. The van der Waals surface area contributed by atoms with Crippen LogP contribution in [0.4, 0.5) is 0 Å². The van der Waals surface area contributed by atoms with Crippen LogP contribution in [0.2, 0.25) is 0 Å². The van der Waals surface area contributed by atoms with Crippen molar-refractivity contribution in [3.05, 3.63) is 42.6 Å². The molecule has 2 unspecified atom stereocenters. The Morgan fingerprint density at radius 2 is 2.08 bits per heavy atom. The predicted molar refractivity (Wildman–Crippen MR) is 104 cm³/mol. The Hall–Kier alpha value is -2.56. The van der Waals surface area contributed by atoms with Gasteiger partial charge in [0.2, 0.25) is 0 Å². The first-order valence-corrected chi connectivity index (χ1v) is 9.38. The third kappa shape index (κ3) is 3.39. The number of pyridine rings is 1. The summed E-state index contributed by atoms with van der Waals surface area (Å²) < 4.78 is 5.98. The number of hydrogen-bond donors (Lipinski definition) is 0. The van der Waals surface area contributed by atoms with E-state index in [0.29, 0.717) is 17.8 Å². The number of hydrogen-bond acceptors (Lipinski definition) is 5. The van der Waals surface area contributed by atoms with Crippen molar-refractivity contribution in [3.8, 4) is 6.01 Å². The second-order valence-corrected chi connectivity index (χ2v) is 7.22. The quantitative estimate of drug-likeness (QED) is 0.818. The van der Waals surface area contributed by atoms with Gasteiger partial charge in [0.25, 0.3) is 0 Å². The molecule has 0 bridgehead atoms. The van der Waals surface area contributed by atoms with Crippen LogP contribution in [0.25, 0.3) is 17.0 Å². The molecule has 26 heavy (non-hydrogen) atoms. The molecule has 2 atom stereocenters. The number of aliphatic imine (C=N–C) groups is 1. The Balaban J connectivity index is 1.59. The summed E-state index contributed by atoms with van der Waals surface area (Å²) in [4.78, 5) is 17.7. The average molecular weight is 348 g/mol. The topological polar surface area (TPSA) is 60.3 Å². The molecule has 2 aliphatic rings. The molecule has 2 aromatic rings. The normalized spacial score (nSPS) is 23.7. The predicted octanol–water partition coefficient (Wildman–Crippen LogP) is 4.46. The van der Waals surface area contributed by atoms with Gasteiger partial charge in [0.1, 0.15) is 5.76 Å². The highest BCUT2D eigenvalue weighted by Crippen LogP contribution is 2.37. The first-order chi connectivity index (χ1) is 12.7. The molecule has 5 heteroatoms. The van der Waals surface area contributed by atoms with Crippen LogP contribution in [-0.4, -0.2) is 27.7 Å². The third-order valence-electron chi connectivity index (χ3n) is 5.55. The maximum atomic E-state index is 5.98. The van der Waals surface area contributed by atoms with Gasteiger partial charge in [-0.15, -0.1) is 0 Å². The first-order valence-electron chi connectivity index (χ1n) is 9.38. The Morgan fingerprint density at radius 1 is 1.23 bits per heavy atom. The lowest BCUT2D eigenvalue weighted by Crippen LogP contribution is -2.21. The fraction of sp³-hybridized carbons (Fsp3) is 0.429. The Kier molecular flexibility index (Phi) is 4.78. The number of nitrogens with zero attached hydrogens (tertiary/aromatic N) is 4. The molecule has 5 nitrogen and oxygen atoms in total. The zero-order valence-corrected chi connectivity index (χ0v) is 15.1. The standard InChI is InChI=1S/C21H24N4O/c1-3-19-17-8-9-22-13-20(17)25-21(24-19)26-16-10-14(2)18(12-23-11-16)15-6-4-5-7-15/h3,8-11,13-15,18H,1,4-7,12H2,2H3. The van der Waals surface area contributed by atoms with Crippen molar-refractivity contribution < 1.29 is 4.74 Å². The number of ether oxygens (including phenoxy) is 1. The summed E-state index contributed by atoms with van der Waals surface area (Å²) in [5.74, 6) is 2.53. The van der Waals surface area contributed by atoms with E-state index in [4.69, 9.17) is 4.74 Å². The van der Waals surface area contributed by atoms with Crippen molar-refractivity contribution in [2.24, 2.45) is 22.7 Å². The molecule has 0 amide bonds. The van der Waals surface area contributed by atoms with Gasteiger partial charge in [-0.05, 0) is 36.0 Å². The second-order valence-electron chi connectivity index (χ2n) is 7.22. The molecular formula is C21H24N4O. The van der Waals surface area contributed by atoms with Crippen LogP contribution < -0.4 is 4.74 Å². The van der Waals surface area contributed by atoms with Gasteiger partial charge in [-0.2, -0.15) is 9.97 Å². The molecule has 0 aromatic carbocycles. The highest BCUT2D eigenvalue weighted by atomic mass is 16.5. The Labute approximate surface area is 153 Å². The Bertz CT molecular complexity index is 867. The summed E-state index contributed by atoms with van der Waals surface area (Å²) in [6.07, 6.45) is 14.5. The monoisotopic (exact) mass is 348 g/mol. The molecule has 0 N–H and O–H groups in total. The largest absolute Gasteiger partial charge is 0.423 e. The minimum atomic E-state index is 0.310. The number of rotatable bonds is 4. The van der Waals surface area contributed by atoms with Crippen molar-refractivity contribution in [1.82, 2.24) is 15.0 Å². The van der Waals surface area contributed by atoms with Crippen molar-refractivity contribution in [2.45, 2.75) is 32.6 Å². The minimum Gasteiger partial charge on any atom is -0.423 e. The van der Waals surface area contributed by atoms with E-state index in [9.17, 15) is 0 Å². The SMILES string of the molecule is C=Cc1nc(OC2=CC(C)C(C3CCCC3)CN=C2)nc2cnccc12. The summed E-state index contributed by atoms with van der Waals surface area (Å²) in [7, 11) is 0. The lowest BCUT2D eigenvalue weighted by atomic mass is 9.81. The molecule has 2 aromatic heterocycles. The summed E-state index contributed by atoms with van der Waals surface area (Å²) >= 11 is 0. The van der Waals surface area contributed by atoms with E-state index in [-0.39, 0.29) is 0 Å². The highest BCUT2D eigenvalue weighted by molar-refractivity contribution is 5.85. The fourth-order valence-corrected chi connectivity index (χ4v) is 4.17. The number of allylic oxidation sites excluding steroid dienone is 2. The van der Waals surface area contributed by atoms with E-state index < -0.39 is 0 Å². The first kappa shape index (κ1) is 16.9.